The van der Waals surface area contributed by atoms with Crippen LogP contribution in [0.3, 0.4) is 0 Å². The van der Waals surface area contributed by atoms with E-state index in [1.807, 2.05) is 12.1 Å². The zero-order chi connectivity index (χ0) is 19.5. The molecular weight excluding hydrogens is 378 g/mol. The van der Waals surface area contributed by atoms with Gasteiger partial charge in [0.15, 0.2) is 5.13 Å². The van der Waals surface area contributed by atoms with Gasteiger partial charge in [-0.25, -0.2) is 9.78 Å². The molecule has 4 rings (SSSR count). The normalized spacial score (nSPS) is 10.9. The number of H-pyrrole nitrogens is 1. The summed E-state index contributed by atoms with van der Waals surface area (Å²) in [5.41, 5.74) is 2.83. The smallest absolute Gasteiger partial charge is 0.338 e. The third-order valence-corrected chi connectivity index (χ3v) is 5.07. The summed E-state index contributed by atoms with van der Waals surface area (Å²) in [6.45, 7) is 2.11. The molecule has 1 amide bonds. The molecule has 0 saturated carbocycles. The van der Waals surface area contributed by atoms with E-state index in [4.69, 9.17) is 4.74 Å². The molecule has 2 aromatic heterocycles. The number of thiazole rings is 1. The first-order chi connectivity index (χ1) is 13.6. The molecule has 28 heavy (non-hydrogen) atoms. The molecule has 0 unspecified atom stereocenters. The zero-order valence-corrected chi connectivity index (χ0v) is 15.8. The lowest BCUT2D eigenvalue weighted by molar-refractivity contribution is -0.114. The Kier molecular flexibility index (Phi) is 4.90. The fraction of sp³-hybridized carbons (Fsp3) is 0.158. The van der Waals surface area contributed by atoms with Crippen LogP contribution >= 0.6 is 11.3 Å². The van der Waals surface area contributed by atoms with Crippen molar-refractivity contribution >= 4 is 55.2 Å². The van der Waals surface area contributed by atoms with Crippen LogP contribution in [0.4, 0.5) is 10.8 Å². The number of amides is 1. The molecule has 0 radical (unpaired) electrons. The SMILES string of the molecule is CCOC(=O)c1cccc(NCC(=O)Nc2nc3ccc4[nH]ncc4c3s2)c1. The van der Waals surface area contributed by atoms with E-state index in [-0.39, 0.29) is 12.5 Å². The Labute approximate surface area is 163 Å². The van der Waals surface area contributed by atoms with Gasteiger partial charge >= 0.3 is 5.97 Å². The number of rotatable bonds is 6. The van der Waals surface area contributed by atoms with Crippen molar-refractivity contribution in [1.29, 1.82) is 0 Å². The highest BCUT2D eigenvalue weighted by Gasteiger charge is 2.12. The first kappa shape index (κ1) is 17.9. The molecule has 2 aromatic carbocycles. The van der Waals surface area contributed by atoms with Gasteiger partial charge in [0, 0.05) is 11.1 Å². The predicted octanol–water partition coefficient (Wildman–Crippen LogP) is 3.40. The van der Waals surface area contributed by atoms with Crippen LogP contribution in [0.1, 0.15) is 17.3 Å². The van der Waals surface area contributed by atoms with Crippen LogP contribution in [0.15, 0.2) is 42.6 Å². The largest absolute Gasteiger partial charge is 0.462 e. The van der Waals surface area contributed by atoms with E-state index >= 15 is 0 Å². The molecule has 0 fully saturated rings. The lowest BCUT2D eigenvalue weighted by atomic mass is 10.2. The molecule has 2 heterocycles. The zero-order valence-electron chi connectivity index (χ0n) is 15.0. The van der Waals surface area contributed by atoms with Crippen molar-refractivity contribution in [2.45, 2.75) is 6.92 Å². The molecule has 9 heteroatoms. The van der Waals surface area contributed by atoms with Crippen LogP contribution in [-0.4, -0.2) is 40.2 Å². The molecule has 142 valence electrons. The molecule has 0 aliphatic heterocycles. The van der Waals surface area contributed by atoms with Gasteiger partial charge in [0.05, 0.1) is 40.6 Å². The Morgan fingerprint density at radius 1 is 1.25 bits per heavy atom. The Morgan fingerprint density at radius 3 is 3.00 bits per heavy atom. The van der Waals surface area contributed by atoms with Gasteiger partial charge in [-0.15, -0.1) is 0 Å². The number of carbonyl (C=O) groups is 2. The minimum absolute atomic E-state index is 0.0450. The van der Waals surface area contributed by atoms with Gasteiger partial charge in [0.25, 0.3) is 0 Å². The molecule has 4 aromatic rings. The monoisotopic (exact) mass is 395 g/mol. The van der Waals surface area contributed by atoms with Gasteiger partial charge in [-0.1, -0.05) is 17.4 Å². The van der Waals surface area contributed by atoms with Crippen LogP contribution in [0.5, 0.6) is 0 Å². The summed E-state index contributed by atoms with van der Waals surface area (Å²) in [6, 6.07) is 10.6. The second kappa shape index (κ2) is 7.65. The van der Waals surface area contributed by atoms with Gasteiger partial charge < -0.3 is 15.4 Å². The molecule has 0 spiro atoms. The van der Waals surface area contributed by atoms with Crippen molar-refractivity contribution in [3.8, 4) is 0 Å². The van der Waals surface area contributed by atoms with Crippen molar-refractivity contribution in [2.75, 3.05) is 23.8 Å². The maximum absolute atomic E-state index is 12.3. The summed E-state index contributed by atoms with van der Waals surface area (Å²) in [4.78, 5) is 28.5. The second-order valence-corrected chi connectivity index (χ2v) is 6.97. The predicted molar refractivity (Wildman–Crippen MR) is 109 cm³/mol. The second-order valence-electron chi connectivity index (χ2n) is 5.97. The van der Waals surface area contributed by atoms with Crippen LogP contribution < -0.4 is 10.6 Å². The third kappa shape index (κ3) is 3.65. The minimum Gasteiger partial charge on any atom is -0.462 e. The van der Waals surface area contributed by atoms with E-state index in [2.05, 4.69) is 25.8 Å². The maximum atomic E-state index is 12.3. The first-order valence-corrected chi connectivity index (χ1v) is 9.49. The molecular formula is C19H17N5O3S. The molecule has 8 nitrogen and oxygen atoms in total. The number of benzene rings is 2. The number of aromatic nitrogens is 3. The van der Waals surface area contributed by atoms with Gasteiger partial charge in [-0.2, -0.15) is 5.10 Å². The van der Waals surface area contributed by atoms with E-state index in [0.29, 0.717) is 23.0 Å². The lowest BCUT2D eigenvalue weighted by Crippen LogP contribution is -2.21. The Hall–Kier alpha value is -3.46. The number of hydrogen-bond donors (Lipinski definition) is 3. The lowest BCUT2D eigenvalue weighted by Gasteiger charge is -2.08. The number of fused-ring (bicyclic) bond motifs is 3. The van der Waals surface area contributed by atoms with Gasteiger partial charge in [-0.3, -0.25) is 9.89 Å². The van der Waals surface area contributed by atoms with Crippen LogP contribution in [-0.2, 0) is 9.53 Å². The van der Waals surface area contributed by atoms with Crippen molar-refractivity contribution in [2.24, 2.45) is 0 Å². The molecule has 0 bridgehead atoms. The van der Waals surface area contributed by atoms with Crippen molar-refractivity contribution in [3.63, 3.8) is 0 Å². The highest BCUT2D eigenvalue weighted by molar-refractivity contribution is 7.23. The summed E-state index contributed by atoms with van der Waals surface area (Å²) >= 11 is 1.40. The molecule has 0 aliphatic carbocycles. The van der Waals surface area contributed by atoms with Crippen molar-refractivity contribution < 1.29 is 14.3 Å². The average molecular weight is 395 g/mol. The number of nitrogens with zero attached hydrogens (tertiary/aromatic N) is 2. The topological polar surface area (TPSA) is 109 Å². The molecule has 3 N–H and O–H groups in total. The Bertz CT molecular complexity index is 1170. The summed E-state index contributed by atoms with van der Waals surface area (Å²) in [5.74, 6) is -0.625. The number of esters is 1. The first-order valence-electron chi connectivity index (χ1n) is 8.67. The van der Waals surface area contributed by atoms with Crippen LogP contribution in [0.2, 0.25) is 0 Å². The van der Waals surface area contributed by atoms with Crippen LogP contribution in [0, 0.1) is 0 Å². The summed E-state index contributed by atoms with van der Waals surface area (Å²) in [6.07, 6.45) is 1.75. The number of anilines is 2. The average Bonchev–Trinajstić information content (AvgIpc) is 3.32. The number of hydrogen-bond acceptors (Lipinski definition) is 7. The standard InChI is InChI=1S/C19H17N5O3S/c1-2-27-18(26)11-4-3-5-12(8-11)20-10-16(25)23-19-22-15-7-6-14-13(9-21-24-14)17(15)28-19/h3-9,20H,2,10H2,1H3,(H,21,24)(H,22,23,25). The number of nitrogens with one attached hydrogen (secondary N) is 3. The van der Waals surface area contributed by atoms with E-state index in [1.54, 1.807) is 37.4 Å². The van der Waals surface area contributed by atoms with Gasteiger partial charge in [0.2, 0.25) is 5.91 Å². The highest BCUT2D eigenvalue weighted by Crippen LogP contribution is 2.31. The minimum atomic E-state index is -0.393. The van der Waals surface area contributed by atoms with Crippen molar-refractivity contribution in [3.05, 3.63) is 48.2 Å². The van der Waals surface area contributed by atoms with E-state index in [1.165, 1.54) is 11.3 Å². The summed E-state index contributed by atoms with van der Waals surface area (Å²) < 4.78 is 5.95. The summed E-state index contributed by atoms with van der Waals surface area (Å²) in [7, 11) is 0. The molecule has 0 aliphatic rings. The quantitative estimate of drug-likeness (QED) is 0.432. The number of ether oxygens (including phenoxy) is 1. The van der Waals surface area contributed by atoms with Crippen molar-refractivity contribution in [1.82, 2.24) is 15.2 Å². The van der Waals surface area contributed by atoms with Crippen LogP contribution in [0.25, 0.3) is 21.1 Å². The van der Waals surface area contributed by atoms with E-state index < -0.39 is 5.97 Å². The third-order valence-electron chi connectivity index (χ3n) is 4.05. The Balaban J connectivity index is 1.41. The maximum Gasteiger partial charge on any atom is 0.338 e. The molecule has 0 atom stereocenters. The van der Waals surface area contributed by atoms with Gasteiger partial charge in [0.1, 0.15) is 0 Å². The van der Waals surface area contributed by atoms with Gasteiger partial charge in [-0.05, 0) is 37.3 Å². The molecule has 0 saturated heterocycles. The Morgan fingerprint density at radius 2 is 2.14 bits per heavy atom. The highest BCUT2D eigenvalue weighted by atomic mass is 32.1. The number of carbonyl (C=O) groups excluding carboxylic acids is 2. The summed E-state index contributed by atoms with van der Waals surface area (Å²) in [5, 5.41) is 14.3. The number of aromatic amines is 1. The van der Waals surface area contributed by atoms with E-state index in [0.717, 1.165) is 21.1 Å². The van der Waals surface area contributed by atoms with E-state index in [9.17, 15) is 9.59 Å². The fourth-order valence-electron chi connectivity index (χ4n) is 2.77. The fourth-order valence-corrected chi connectivity index (χ4v) is 3.77.